The summed E-state index contributed by atoms with van der Waals surface area (Å²) in [6.07, 6.45) is 1.51. The summed E-state index contributed by atoms with van der Waals surface area (Å²) in [6, 6.07) is 11.2. The number of carbonyl (C=O) groups excluding carboxylic acids is 1. The molecular formula is C19H14ClN3O4S3. The summed E-state index contributed by atoms with van der Waals surface area (Å²) in [7, 11) is -2.19. The number of benzene rings is 2. The van der Waals surface area contributed by atoms with Gasteiger partial charge in [0, 0.05) is 27.4 Å². The minimum atomic E-state index is -3.76. The topological polar surface area (TPSA) is 97.4 Å². The van der Waals surface area contributed by atoms with Gasteiger partial charge in [-0.1, -0.05) is 11.6 Å². The van der Waals surface area contributed by atoms with Crippen molar-refractivity contribution in [2.75, 3.05) is 17.1 Å². The number of ether oxygens (including phenoxy) is 1. The average molecular weight is 480 g/mol. The van der Waals surface area contributed by atoms with Crippen molar-refractivity contribution >= 4 is 71.1 Å². The van der Waals surface area contributed by atoms with Crippen LogP contribution in [-0.4, -0.2) is 26.4 Å². The van der Waals surface area contributed by atoms with Gasteiger partial charge >= 0.3 is 0 Å². The monoisotopic (exact) mass is 479 g/mol. The van der Waals surface area contributed by atoms with Crippen LogP contribution in [0.4, 0.5) is 10.8 Å². The molecule has 2 aromatic carbocycles. The molecule has 154 valence electrons. The van der Waals surface area contributed by atoms with E-state index in [-0.39, 0.29) is 15.9 Å². The molecule has 0 bridgehead atoms. The number of anilines is 2. The first-order chi connectivity index (χ1) is 14.4. The molecule has 7 nitrogen and oxygen atoms in total. The Hall–Kier alpha value is -2.66. The van der Waals surface area contributed by atoms with Crippen molar-refractivity contribution in [3.8, 4) is 5.75 Å². The number of nitrogens with one attached hydrogen (secondary N) is 2. The van der Waals surface area contributed by atoms with E-state index in [0.717, 1.165) is 10.1 Å². The molecule has 0 fully saturated rings. The number of carbonyl (C=O) groups is 1. The number of hydrogen-bond donors (Lipinski definition) is 2. The van der Waals surface area contributed by atoms with E-state index in [1.54, 1.807) is 24.6 Å². The number of thiazole rings is 1. The Kier molecular flexibility index (Phi) is 5.65. The van der Waals surface area contributed by atoms with Crippen molar-refractivity contribution in [2.45, 2.75) is 4.90 Å². The summed E-state index contributed by atoms with van der Waals surface area (Å²) in [5.74, 6) is 0.298. The molecule has 11 heteroatoms. The van der Waals surface area contributed by atoms with Crippen molar-refractivity contribution in [3.63, 3.8) is 0 Å². The maximum atomic E-state index is 12.7. The van der Waals surface area contributed by atoms with Crippen LogP contribution in [0.25, 0.3) is 10.1 Å². The van der Waals surface area contributed by atoms with Gasteiger partial charge in [-0.3, -0.25) is 9.52 Å². The SMILES string of the molecule is COc1ccc2c(Cl)c(C(=O)Nc3ccc(S(=O)(=O)Nc4nccs4)cc3)sc2c1. The van der Waals surface area contributed by atoms with Crippen molar-refractivity contribution in [1.82, 2.24) is 4.98 Å². The van der Waals surface area contributed by atoms with E-state index in [0.29, 0.717) is 21.3 Å². The number of fused-ring (bicyclic) bond motifs is 1. The molecule has 2 aromatic heterocycles. The molecule has 0 aliphatic carbocycles. The Balaban J connectivity index is 1.53. The summed E-state index contributed by atoms with van der Waals surface area (Å²) in [4.78, 5) is 17.0. The van der Waals surface area contributed by atoms with Crippen molar-refractivity contribution in [2.24, 2.45) is 0 Å². The van der Waals surface area contributed by atoms with Crippen LogP contribution < -0.4 is 14.8 Å². The zero-order valence-electron chi connectivity index (χ0n) is 15.4. The maximum absolute atomic E-state index is 12.7. The number of halogens is 1. The second-order valence-electron chi connectivity index (χ2n) is 6.03. The Labute approximate surface area is 185 Å². The van der Waals surface area contributed by atoms with Crippen LogP contribution in [0, 0.1) is 0 Å². The van der Waals surface area contributed by atoms with E-state index in [1.807, 2.05) is 6.07 Å². The van der Waals surface area contributed by atoms with Gasteiger partial charge < -0.3 is 10.1 Å². The van der Waals surface area contributed by atoms with Crippen LogP contribution in [-0.2, 0) is 10.0 Å². The first kappa shape index (κ1) is 20.6. The highest BCUT2D eigenvalue weighted by atomic mass is 35.5. The highest BCUT2D eigenvalue weighted by molar-refractivity contribution is 7.93. The minimum Gasteiger partial charge on any atom is -0.497 e. The molecule has 0 aliphatic heterocycles. The lowest BCUT2D eigenvalue weighted by Crippen LogP contribution is -2.13. The average Bonchev–Trinajstić information content (AvgIpc) is 3.35. The second kappa shape index (κ2) is 8.23. The number of nitrogens with zero attached hydrogens (tertiary/aromatic N) is 1. The van der Waals surface area contributed by atoms with Crippen LogP contribution in [0.3, 0.4) is 0 Å². The fraction of sp³-hybridized carbons (Fsp3) is 0.0526. The molecule has 2 heterocycles. The summed E-state index contributed by atoms with van der Waals surface area (Å²) in [5.41, 5.74) is 0.444. The van der Waals surface area contributed by atoms with Gasteiger partial charge in [0.1, 0.15) is 10.6 Å². The van der Waals surface area contributed by atoms with Crippen LogP contribution in [0.2, 0.25) is 5.02 Å². The molecular weight excluding hydrogens is 466 g/mol. The quantitative estimate of drug-likeness (QED) is 0.402. The second-order valence-corrected chi connectivity index (χ2v) is 10.0. The predicted molar refractivity (Wildman–Crippen MR) is 121 cm³/mol. The van der Waals surface area contributed by atoms with Crippen molar-refractivity contribution in [3.05, 3.63) is 63.9 Å². The molecule has 0 unspecified atom stereocenters. The molecule has 1 amide bonds. The largest absolute Gasteiger partial charge is 0.497 e. The summed E-state index contributed by atoms with van der Waals surface area (Å²) in [5, 5.41) is 5.83. The highest BCUT2D eigenvalue weighted by Gasteiger charge is 2.19. The molecule has 2 N–H and O–H groups in total. The summed E-state index contributed by atoms with van der Waals surface area (Å²) >= 11 is 8.82. The lowest BCUT2D eigenvalue weighted by Gasteiger charge is -2.07. The zero-order valence-corrected chi connectivity index (χ0v) is 18.6. The van der Waals surface area contributed by atoms with Gasteiger partial charge in [0.25, 0.3) is 15.9 Å². The Morgan fingerprint density at radius 2 is 1.93 bits per heavy atom. The van der Waals surface area contributed by atoms with Crippen LogP contribution in [0.15, 0.2) is 58.9 Å². The Morgan fingerprint density at radius 3 is 2.60 bits per heavy atom. The van der Waals surface area contributed by atoms with Gasteiger partial charge in [-0.15, -0.1) is 22.7 Å². The third kappa shape index (κ3) is 4.12. The third-order valence-corrected chi connectivity index (χ3v) is 7.95. The molecule has 0 aliphatic rings. The number of methoxy groups -OCH3 is 1. The Morgan fingerprint density at radius 1 is 1.17 bits per heavy atom. The van der Waals surface area contributed by atoms with Gasteiger partial charge in [-0.25, -0.2) is 13.4 Å². The Bertz CT molecular complexity index is 1320. The lowest BCUT2D eigenvalue weighted by molar-refractivity contribution is 0.103. The van der Waals surface area contributed by atoms with E-state index in [9.17, 15) is 13.2 Å². The predicted octanol–water partition coefficient (Wildman–Crippen LogP) is 5.07. The van der Waals surface area contributed by atoms with Crippen LogP contribution >= 0.6 is 34.3 Å². The fourth-order valence-corrected chi connectivity index (χ4v) is 5.90. The first-order valence-corrected chi connectivity index (χ1v) is 12.0. The van der Waals surface area contributed by atoms with Crippen molar-refractivity contribution < 1.29 is 17.9 Å². The number of rotatable bonds is 6. The molecule has 0 spiro atoms. The number of hydrogen-bond acceptors (Lipinski definition) is 7. The lowest BCUT2D eigenvalue weighted by atomic mass is 10.2. The van der Waals surface area contributed by atoms with E-state index in [1.165, 1.54) is 53.1 Å². The van der Waals surface area contributed by atoms with Gasteiger partial charge in [0.15, 0.2) is 5.13 Å². The molecule has 0 atom stereocenters. The van der Waals surface area contributed by atoms with Crippen LogP contribution in [0.1, 0.15) is 9.67 Å². The fourth-order valence-electron chi connectivity index (χ4n) is 2.67. The minimum absolute atomic E-state index is 0.0580. The van der Waals surface area contributed by atoms with E-state index >= 15 is 0 Å². The summed E-state index contributed by atoms with van der Waals surface area (Å²) in [6.45, 7) is 0. The molecule has 0 radical (unpaired) electrons. The summed E-state index contributed by atoms with van der Waals surface area (Å²) < 4.78 is 33.2. The van der Waals surface area contributed by atoms with Crippen LogP contribution in [0.5, 0.6) is 5.75 Å². The van der Waals surface area contributed by atoms with Gasteiger partial charge in [-0.2, -0.15) is 0 Å². The normalized spacial score (nSPS) is 11.4. The van der Waals surface area contributed by atoms with E-state index < -0.39 is 10.0 Å². The molecule has 4 rings (SSSR count). The first-order valence-electron chi connectivity index (χ1n) is 8.47. The van der Waals surface area contributed by atoms with Gasteiger partial charge in [0.05, 0.1) is 17.0 Å². The smallest absolute Gasteiger partial charge is 0.267 e. The van der Waals surface area contributed by atoms with Crippen molar-refractivity contribution in [1.29, 1.82) is 0 Å². The van der Waals surface area contributed by atoms with E-state index in [2.05, 4.69) is 15.0 Å². The number of aromatic nitrogens is 1. The molecule has 0 saturated carbocycles. The number of amides is 1. The zero-order chi connectivity index (χ0) is 21.3. The molecule has 0 saturated heterocycles. The maximum Gasteiger partial charge on any atom is 0.267 e. The third-order valence-electron chi connectivity index (χ3n) is 4.12. The van der Waals surface area contributed by atoms with Gasteiger partial charge in [0.2, 0.25) is 0 Å². The van der Waals surface area contributed by atoms with E-state index in [4.69, 9.17) is 16.3 Å². The number of sulfonamides is 1. The standard InChI is InChI=1S/C19H14ClN3O4S3/c1-27-12-4-7-14-15(10-12)29-17(16(14)20)18(24)22-11-2-5-13(6-3-11)30(25,26)23-19-21-8-9-28-19/h2-10H,1H3,(H,21,23)(H,22,24). The molecule has 4 aromatic rings. The molecule has 30 heavy (non-hydrogen) atoms. The highest BCUT2D eigenvalue weighted by Crippen LogP contribution is 2.37. The number of thiophene rings is 1. The van der Waals surface area contributed by atoms with Gasteiger partial charge in [-0.05, 0) is 42.5 Å².